The van der Waals surface area contributed by atoms with Crippen molar-refractivity contribution in [1.29, 1.82) is 0 Å². The molecule has 21 heavy (non-hydrogen) atoms. The summed E-state index contributed by atoms with van der Waals surface area (Å²) < 4.78 is 0. The zero-order valence-electron chi connectivity index (χ0n) is 13.3. The number of carbonyl (C=O) groups excluding carboxylic acids is 1. The van der Waals surface area contributed by atoms with E-state index < -0.39 is 0 Å². The SMILES string of the molecule is Cc1cccc(C(C)(C)NC(=O)C2CC23CCNCC3)c1. The molecule has 1 saturated carbocycles. The lowest BCUT2D eigenvalue weighted by molar-refractivity contribution is -0.125. The molecule has 1 amide bonds. The van der Waals surface area contributed by atoms with Gasteiger partial charge in [0, 0.05) is 5.92 Å². The zero-order chi connectivity index (χ0) is 15.1. The summed E-state index contributed by atoms with van der Waals surface area (Å²) >= 11 is 0. The highest BCUT2D eigenvalue weighted by Crippen LogP contribution is 2.58. The monoisotopic (exact) mass is 286 g/mol. The summed E-state index contributed by atoms with van der Waals surface area (Å²) in [6.45, 7) is 8.40. The molecule has 1 spiro atoms. The minimum atomic E-state index is -0.306. The summed E-state index contributed by atoms with van der Waals surface area (Å²) in [6, 6.07) is 8.41. The van der Waals surface area contributed by atoms with E-state index >= 15 is 0 Å². The third-order valence-corrected chi connectivity index (χ3v) is 5.28. The molecular formula is C18H26N2O. The van der Waals surface area contributed by atoms with Crippen molar-refractivity contribution in [3.05, 3.63) is 35.4 Å². The predicted molar refractivity (Wildman–Crippen MR) is 85.0 cm³/mol. The van der Waals surface area contributed by atoms with Crippen LogP contribution in [0, 0.1) is 18.3 Å². The van der Waals surface area contributed by atoms with Crippen molar-refractivity contribution in [2.75, 3.05) is 13.1 Å². The fourth-order valence-electron chi connectivity index (χ4n) is 3.70. The number of nitrogens with one attached hydrogen (secondary N) is 2. The van der Waals surface area contributed by atoms with E-state index in [1.54, 1.807) is 0 Å². The van der Waals surface area contributed by atoms with Crippen LogP contribution in [-0.2, 0) is 10.3 Å². The molecule has 1 heterocycles. The molecule has 2 aliphatic rings. The van der Waals surface area contributed by atoms with E-state index in [-0.39, 0.29) is 17.4 Å². The number of carbonyl (C=O) groups is 1. The van der Waals surface area contributed by atoms with Crippen LogP contribution in [0.4, 0.5) is 0 Å². The largest absolute Gasteiger partial charge is 0.347 e. The van der Waals surface area contributed by atoms with Gasteiger partial charge in [-0.05, 0) is 64.1 Å². The maximum absolute atomic E-state index is 12.6. The quantitative estimate of drug-likeness (QED) is 0.897. The van der Waals surface area contributed by atoms with Crippen molar-refractivity contribution in [2.24, 2.45) is 11.3 Å². The van der Waals surface area contributed by atoms with Crippen LogP contribution in [0.5, 0.6) is 0 Å². The van der Waals surface area contributed by atoms with Gasteiger partial charge in [0.05, 0.1) is 5.54 Å². The molecule has 0 bridgehead atoms. The fraction of sp³-hybridized carbons (Fsp3) is 0.611. The highest BCUT2D eigenvalue weighted by Gasteiger charge is 2.58. The molecule has 1 aliphatic heterocycles. The zero-order valence-corrected chi connectivity index (χ0v) is 13.3. The van der Waals surface area contributed by atoms with Crippen LogP contribution < -0.4 is 10.6 Å². The Morgan fingerprint density at radius 3 is 2.71 bits per heavy atom. The molecule has 1 aromatic rings. The highest BCUT2D eigenvalue weighted by atomic mass is 16.2. The van der Waals surface area contributed by atoms with Gasteiger partial charge in [-0.1, -0.05) is 29.8 Å². The first-order valence-electron chi connectivity index (χ1n) is 8.03. The second-order valence-electron chi connectivity index (χ2n) is 7.35. The second kappa shape index (κ2) is 5.13. The molecule has 1 saturated heterocycles. The van der Waals surface area contributed by atoms with Gasteiger partial charge in [0.15, 0.2) is 0 Å². The topological polar surface area (TPSA) is 41.1 Å². The Bertz CT molecular complexity index is 544. The Kier molecular flexibility index (Phi) is 3.56. The number of piperidine rings is 1. The molecule has 1 unspecified atom stereocenters. The first-order chi connectivity index (χ1) is 9.93. The van der Waals surface area contributed by atoms with Crippen molar-refractivity contribution >= 4 is 5.91 Å². The van der Waals surface area contributed by atoms with Gasteiger partial charge in [0.1, 0.15) is 0 Å². The molecule has 0 radical (unpaired) electrons. The molecule has 1 atom stereocenters. The lowest BCUT2D eigenvalue weighted by atomic mass is 9.90. The van der Waals surface area contributed by atoms with Crippen LogP contribution in [-0.4, -0.2) is 19.0 Å². The van der Waals surface area contributed by atoms with Crippen LogP contribution in [0.3, 0.4) is 0 Å². The predicted octanol–water partition coefficient (Wildman–Crippen LogP) is 2.74. The molecule has 3 nitrogen and oxygen atoms in total. The highest BCUT2D eigenvalue weighted by molar-refractivity contribution is 5.83. The summed E-state index contributed by atoms with van der Waals surface area (Å²) in [4.78, 5) is 12.6. The van der Waals surface area contributed by atoms with Crippen LogP contribution in [0.15, 0.2) is 24.3 Å². The number of benzene rings is 1. The van der Waals surface area contributed by atoms with E-state index in [9.17, 15) is 4.79 Å². The van der Waals surface area contributed by atoms with Gasteiger partial charge in [-0.2, -0.15) is 0 Å². The second-order valence-corrected chi connectivity index (χ2v) is 7.35. The molecule has 0 aromatic heterocycles. The molecule has 3 rings (SSSR count). The average Bonchev–Trinajstić information content (AvgIpc) is 3.13. The van der Waals surface area contributed by atoms with E-state index in [0.717, 1.165) is 32.4 Å². The van der Waals surface area contributed by atoms with Gasteiger partial charge >= 0.3 is 0 Å². The first-order valence-corrected chi connectivity index (χ1v) is 8.03. The third-order valence-electron chi connectivity index (χ3n) is 5.28. The van der Waals surface area contributed by atoms with E-state index in [0.29, 0.717) is 5.41 Å². The Balaban J connectivity index is 1.67. The lowest BCUT2D eigenvalue weighted by Gasteiger charge is -2.29. The first kappa shape index (κ1) is 14.6. The van der Waals surface area contributed by atoms with E-state index in [4.69, 9.17) is 0 Å². The number of hydrogen-bond acceptors (Lipinski definition) is 2. The molecular weight excluding hydrogens is 260 g/mol. The minimum absolute atomic E-state index is 0.226. The lowest BCUT2D eigenvalue weighted by Crippen LogP contribution is -2.43. The fourth-order valence-corrected chi connectivity index (χ4v) is 3.70. The Hall–Kier alpha value is -1.35. The summed E-state index contributed by atoms with van der Waals surface area (Å²) in [5.74, 6) is 0.465. The van der Waals surface area contributed by atoms with Gasteiger partial charge in [-0.25, -0.2) is 0 Å². The van der Waals surface area contributed by atoms with Crippen LogP contribution in [0.2, 0.25) is 0 Å². The van der Waals surface area contributed by atoms with E-state index in [1.165, 1.54) is 11.1 Å². The van der Waals surface area contributed by atoms with Crippen molar-refractivity contribution in [2.45, 2.75) is 45.6 Å². The van der Waals surface area contributed by atoms with Gasteiger partial charge in [0.2, 0.25) is 5.91 Å². The molecule has 2 N–H and O–H groups in total. The Labute approximate surface area is 127 Å². The normalized spacial score (nSPS) is 23.9. The molecule has 1 aliphatic carbocycles. The molecule has 1 aromatic carbocycles. The molecule has 114 valence electrons. The van der Waals surface area contributed by atoms with Gasteiger partial charge in [-0.3, -0.25) is 4.79 Å². The smallest absolute Gasteiger partial charge is 0.224 e. The summed E-state index contributed by atoms with van der Waals surface area (Å²) in [5, 5.41) is 6.66. The van der Waals surface area contributed by atoms with Crippen molar-refractivity contribution in [1.82, 2.24) is 10.6 Å². The molecule has 2 fully saturated rings. The summed E-state index contributed by atoms with van der Waals surface area (Å²) in [5.41, 5.74) is 2.41. The molecule has 3 heteroatoms. The van der Waals surface area contributed by atoms with E-state index in [2.05, 4.69) is 55.7 Å². The maximum atomic E-state index is 12.6. The van der Waals surface area contributed by atoms with Crippen molar-refractivity contribution < 1.29 is 4.79 Å². The van der Waals surface area contributed by atoms with Crippen LogP contribution in [0.25, 0.3) is 0 Å². The Morgan fingerprint density at radius 1 is 1.33 bits per heavy atom. The average molecular weight is 286 g/mol. The number of amides is 1. The van der Waals surface area contributed by atoms with Gasteiger partial charge in [-0.15, -0.1) is 0 Å². The van der Waals surface area contributed by atoms with E-state index in [1.807, 2.05) is 0 Å². The Morgan fingerprint density at radius 2 is 2.05 bits per heavy atom. The van der Waals surface area contributed by atoms with Gasteiger partial charge < -0.3 is 10.6 Å². The van der Waals surface area contributed by atoms with Crippen molar-refractivity contribution in [3.63, 3.8) is 0 Å². The van der Waals surface area contributed by atoms with Crippen LogP contribution in [0.1, 0.15) is 44.2 Å². The minimum Gasteiger partial charge on any atom is -0.347 e. The third kappa shape index (κ3) is 2.84. The van der Waals surface area contributed by atoms with Crippen LogP contribution >= 0.6 is 0 Å². The van der Waals surface area contributed by atoms with Gasteiger partial charge in [0.25, 0.3) is 0 Å². The number of aryl methyl sites for hydroxylation is 1. The number of hydrogen-bond donors (Lipinski definition) is 2. The maximum Gasteiger partial charge on any atom is 0.224 e. The number of rotatable bonds is 3. The summed E-state index contributed by atoms with van der Waals surface area (Å²) in [6.07, 6.45) is 3.37. The van der Waals surface area contributed by atoms with Crippen molar-refractivity contribution in [3.8, 4) is 0 Å². The standard InChI is InChI=1S/C18H26N2O/c1-13-5-4-6-14(11-13)17(2,3)20-16(21)15-12-18(15)7-9-19-10-8-18/h4-6,11,15,19H,7-10,12H2,1-3H3,(H,20,21). The summed E-state index contributed by atoms with van der Waals surface area (Å²) in [7, 11) is 0.